The number of nitrogens with zero attached hydrogens (tertiary/aromatic N) is 1. The molecule has 8 nitrogen and oxygen atoms in total. The fraction of sp³-hybridized carbons (Fsp3) is 0.276. The molecule has 37 heavy (non-hydrogen) atoms. The van der Waals surface area contributed by atoms with E-state index in [0.29, 0.717) is 41.3 Å². The van der Waals surface area contributed by atoms with E-state index in [9.17, 15) is 9.59 Å². The van der Waals surface area contributed by atoms with Crippen LogP contribution in [0.4, 0.5) is 5.69 Å². The smallest absolute Gasteiger partial charge is 0.291 e. The van der Waals surface area contributed by atoms with Gasteiger partial charge in [0.15, 0.2) is 5.76 Å². The third kappa shape index (κ3) is 4.87. The number of methoxy groups -OCH3 is 1. The molecule has 190 valence electrons. The quantitative estimate of drug-likeness (QED) is 0.335. The monoisotopic (exact) mass is 499 g/mol. The molecular weight excluding hydrogens is 470 g/mol. The summed E-state index contributed by atoms with van der Waals surface area (Å²) in [6, 6.07) is 11.1. The lowest BCUT2D eigenvalue weighted by atomic mass is 9.93. The number of ether oxygens (including phenoxy) is 1. The van der Waals surface area contributed by atoms with Crippen molar-refractivity contribution in [2.45, 2.75) is 46.5 Å². The molecule has 1 aliphatic rings. The molecule has 0 aliphatic heterocycles. The van der Waals surface area contributed by atoms with Gasteiger partial charge in [0.05, 0.1) is 25.5 Å². The zero-order valence-corrected chi connectivity index (χ0v) is 21.4. The van der Waals surface area contributed by atoms with E-state index in [1.807, 2.05) is 26.8 Å². The van der Waals surface area contributed by atoms with Crippen molar-refractivity contribution in [1.82, 2.24) is 5.43 Å². The van der Waals surface area contributed by atoms with Crippen molar-refractivity contribution >= 4 is 34.2 Å². The lowest BCUT2D eigenvalue weighted by Gasteiger charge is -2.13. The molecule has 0 saturated carbocycles. The Kier molecular flexibility index (Phi) is 6.56. The van der Waals surface area contributed by atoms with Crippen molar-refractivity contribution in [3.05, 3.63) is 82.0 Å². The fourth-order valence-electron chi connectivity index (χ4n) is 4.96. The SMILES string of the molecule is COc1ccc(NC(=O)c2oc3c(c2C)/C(=N/NC(=O)Cc2coc4cc(C)cc(C)c24)CCC3)cc1. The molecule has 2 aromatic carbocycles. The van der Waals surface area contributed by atoms with Crippen molar-refractivity contribution in [3.63, 3.8) is 0 Å². The number of rotatable bonds is 6. The van der Waals surface area contributed by atoms with Crippen LogP contribution in [0.2, 0.25) is 0 Å². The molecule has 0 unspecified atom stereocenters. The van der Waals surface area contributed by atoms with Crippen LogP contribution in [0.1, 0.15) is 57.0 Å². The van der Waals surface area contributed by atoms with Crippen LogP contribution in [0, 0.1) is 20.8 Å². The topological polar surface area (TPSA) is 106 Å². The number of hydrazone groups is 1. The van der Waals surface area contributed by atoms with Crippen molar-refractivity contribution in [1.29, 1.82) is 0 Å². The second-order valence-electron chi connectivity index (χ2n) is 9.38. The van der Waals surface area contributed by atoms with E-state index in [0.717, 1.165) is 39.6 Å². The van der Waals surface area contributed by atoms with Crippen molar-refractivity contribution in [2.24, 2.45) is 5.10 Å². The van der Waals surface area contributed by atoms with Crippen LogP contribution < -0.4 is 15.5 Å². The summed E-state index contributed by atoms with van der Waals surface area (Å²) in [5.74, 6) is 1.09. The maximum absolute atomic E-state index is 13.0. The highest BCUT2D eigenvalue weighted by molar-refractivity contribution is 6.09. The Bertz CT molecular complexity index is 1530. The highest BCUT2D eigenvalue weighted by atomic mass is 16.5. The number of aryl methyl sites for hydroxylation is 3. The van der Waals surface area contributed by atoms with E-state index in [-0.39, 0.29) is 24.0 Å². The van der Waals surface area contributed by atoms with Gasteiger partial charge in [-0.15, -0.1) is 0 Å². The zero-order valence-electron chi connectivity index (χ0n) is 21.4. The second-order valence-corrected chi connectivity index (χ2v) is 9.38. The van der Waals surface area contributed by atoms with E-state index < -0.39 is 0 Å². The molecule has 8 heteroatoms. The number of fused-ring (bicyclic) bond motifs is 2. The summed E-state index contributed by atoms with van der Waals surface area (Å²) in [4.78, 5) is 25.7. The summed E-state index contributed by atoms with van der Waals surface area (Å²) >= 11 is 0. The minimum atomic E-state index is -0.335. The summed E-state index contributed by atoms with van der Waals surface area (Å²) in [7, 11) is 1.59. The number of benzene rings is 2. The highest BCUT2D eigenvalue weighted by Gasteiger charge is 2.28. The Hall–Kier alpha value is -4.33. The van der Waals surface area contributed by atoms with E-state index in [1.165, 1.54) is 0 Å². The minimum absolute atomic E-state index is 0.153. The first-order valence-electron chi connectivity index (χ1n) is 12.2. The van der Waals surface area contributed by atoms with Gasteiger partial charge in [-0.05, 0) is 75.1 Å². The summed E-state index contributed by atoms with van der Waals surface area (Å²) in [6.07, 6.45) is 3.99. The Balaban J connectivity index is 1.32. The van der Waals surface area contributed by atoms with Crippen LogP contribution in [-0.2, 0) is 17.6 Å². The van der Waals surface area contributed by atoms with Gasteiger partial charge in [-0.1, -0.05) is 6.07 Å². The lowest BCUT2D eigenvalue weighted by Crippen LogP contribution is -2.23. The van der Waals surface area contributed by atoms with Gasteiger partial charge in [-0.25, -0.2) is 5.43 Å². The number of carbonyl (C=O) groups is 2. The van der Waals surface area contributed by atoms with E-state index >= 15 is 0 Å². The number of carbonyl (C=O) groups excluding carboxylic acids is 2. The first kappa shape index (κ1) is 24.4. The lowest BCUT2D eigenvalue weighted by molar-refractivity contribution is -0.120. The van der Waals surface area contributed by atoms with Gasteiger partial charge < -0.3 is 18.9 Å². The molecule has 0 radical (unpaired) electrons. The maximum Gasteiger partial charge on any atom is 0.291 e. The van der Waals surface area contributed by atoms with E-state index in [1.54, 1.807) is 37.6 Å². The third-order valence-electron chi connectivity index (χ3n) is 6.64. The van der Waals surface area contributed by atoms with Gasteiger partial charge in [0, 0.05) is 34.2 Å². The number of anilines is 1. The average molecular weight is 500 g/mol. The average Bonchev–Trinajstić information content (AvgIpc) is 3.44. The summed E-state index contributed by atoms with van der Waals surface area (Å²) in [6.45, 7) is 5.87. The zero-order chi connectivity index (χ0) is 26.1. The molecule has 0 fully saturated rings. The van der Waals surface area contributed by atoms with Crippen molar-refractivity contribution < 1.29 is 23.2 Å². The van der Waals surface area contributed by atoms with Gasteiger partial charge in [0.1, 0.15) is 17.1 Å². The van der Waals surface area contributed by atoms with Crippen LogP contribution >= 0.6 is 0 Å². The summed E-state index contributed by atoms with van der Waals surface area (Å²) < 4.78 is 16.8. The standard InChI is InChI=1S/C29H29N3O5/c1-16-12-17(2)26-19(15-36-24(26)13-16)14-25(33)32-31-22-6-5-7-23-27(22)18(3)28(37-23)29(34)30-20-8-10-21(35-4)11-9-20/h8-13,15H,5-7,14H2,1-4H3,(H,30,34)(H,32,33)/b31-22+. The van der Waals surface area contributed by atoms with Gasteiger partial charge >= 0.3 is 0 Å². The van der Waals surface area contributed by atoms with Crippen LogP contribution in [0.5, 0.6) is 5.75 Å². The van der Waals surface area contributed by atoms with Gasteiger partial charge in [-0.2, -0.15) is 5.10 Å². The van der Waals surface area contributed by atoms with E-state index in [4.69, 9.17) is 13.6 Å². The molecule has 2 amide bonds. The predicted octanol–water partition coefficient (Wildman–Crippen LogP) is 5.61. The number of nitrogens with one attached hydrogen (secondary N) is 2. The van der Waals surface area contributed by atoms with Gasteiger partial charge in [-0.3, -0.25) is 9.59 Å². The Morgan fingerprint density at radius 2 is 1.86 bits per heavy atom. The number of amides is 2. The van der Waals surface area contributed by atoms with Gasteiger partial charge in [0.2, 0.25) is 5.91 Å². The molecule has 2 N–H and O–H groups in total. The van der Waals surface area contributed by atoms with Gasteiger partial charge in [0.25, 0.3) is 5.91 Å². The second kappa shape index (κ2) is 9.97. The largest absolute Gasteiger partial charge is 0.497 e. The fourth-order valence-corrected chi connectivity index (χ4v) is 4.96. The Labute approximate surface area is 214 Å². The molecule has 0 bridgehead atoms. The third-order valence-corrected chi connectivity index (χ3v) is 6.64. The number of hydrogen-bond acceptors (Lipinski definition) is 6. The molecule has 4 aromatic rings. The van der Waals surface area contributed by atoms with E-state index in [2.05, 4.69) is 21.9 Å². The first-order chi connectivity index (χ1) is 17.8. The van der Waals surface area contributed by atoms with Crippen LogP contribution in [-0.4, -0.2) is 24.6 Å². The Morgan fingerprint density at radius 3 is 2.62 bits per heavy atom. The van der Waals surface area contributed by atoms with Crippen LogP contribution in [0.25, 0.3) is 11.0 Å². The molecule has 0 atom stereocenters. The first-order valence-corrected chi connectivity index (χ1v) is 12.2. The van der Waals surface area contributed by atoms with Crippen molar-refractivity contribution in [2.75, 3.05) is 12.4 Å². The molecule has 2 aromatic heterocycles. The predicted molar refractivity (Wildman–Crippen MR) is 141 cm³/mol. The van der Waals surface area contributed by atoms with Crippen LogP contribution in [0.3, 0.4) is 0 Å². The molecule has 0 saturated heterocycles. The number of furan rings is 2. The molecular formula is C29H29N3O5. The normalized spacial score (nSPS) is 14.0. The molecule has 5 rings (SSSR count). The number of hydrogen-bond donors (Lipinski definition) is 2. The highest BCUT2D eigenvalue weighted by Crippen LogP contribution is 2.31. The summed E-state index contributed by atoms with van der Waals surface area (Å²) in [5.41, 5.74) is 9.34. The Morgan fingerprint density at radius 1 is 1.08 bits per heavy atom. The molecule has 2 heterocycles. The minimum Gasteiger partial charge on any atom is -0.497 e. The van der Waals surface area contributed by atoms with Crippen LogP contribution in [0.15, 0.2) is 56.6 Å². The molecule has 1 aliphatic carbocycles. The molecule has 0 spiro atoms. The maximum atomic E-state index is 13.0. The summed E-state index contributed by atoms with van der Waals surface area (Å²) in [5, 5.41) is 8.27. The van der Waals surface area contributed by atoms with Crippen molar-refractivity contribution in [3.8, 4) is 5.75 Å².